The maximum absolute atomic E-state index is 14.0. The van der Waals surface area contributed by atoms with Gasteiger partial charge in [-0.15, -0.1) is 0 Å². The molecule has 2 N–H and O–H groups in total. The standard InChI is InChI=1S/C33H32ClFN2O3/c1-20(33(39)40)22-4-2-21(3-5-22)18-29(32(38)37-27-13-10-25(34)11-14-27)24-8-6-23(7-9-24)28-16-17-36-31-15-12-26(35)19-30(28)31/h2-5,10-17,19-20,23-24,29H,6-9,18H2,1H3,(H,37,38)(H,39,40)/t20?,23-,24+,29?. The number of halogens is 2. The van der Waals surface area contributed by atoms with E-state index in [-0.39, 0.29) is 29.5 Å². The highest BCUT2D eigenvalue weighted by molar-refractivity contribution is 6.30. The zero-order chi connectivity index (χ0) is 28.2. The van der Waals surface area contributed by atoms with Gasteiger partial charge in [-0.3, -0.25) is 14.6 Å². The summed E-state index contributed by atoms with van der Waals surface area (Å²) < 4.78 is 14.0. The number of carbonyl (C=O) groups excluding carboxylic acids is 1. The van der Waals surface area contributed by atoms with E-state index in [4.69, 9.17) is 11.6 Å². The predicted octanol–water partition coefficient (Wildman–Crippen LogP) is 7.99. The molecule has 4 aromatic rings. The van der Waals surface area contributed by atoms with Crippen LogP contribution in [0, 0.1) is 17.7 Å². The number of carboxylic acids is 1. The molecular weight excluding hydrogens is 527 g/mol. The number of aromatic nitrogens is 1. The maximum atomic E-state index is 14.0. The molecule has 1 fully saturated rings. The number of fused-ring (bicyclic) bond motifs is 1. The summed E-state index contributed by atoms with van der Waals surface area (Å²) in [5.74, 6) is -1.57. The van der Waals surface area contributed by atoms with Crippen molar-refractivity contribution in [3.8, 4) is 0 Å². The highest BCUT2D eigenvalue weighted by Crippen LogP contribution is 2.42. The molecule has 5 rings (SSSR count). The van der Waals surface area contributed by atoms with Crippen molar-refractivity contribution in [2.45, 2.75) is 50.9 Å². The SMILES string of the molecule is CC(C(=O)O)c1ccc(CC(C(=O)Nc2ccc(Cl)cc2)[C@H]2CC[C@@H](c3ccnc4ccc(F)cc43)CC2)cc1. The minimum Gasteiger partial charge on any atom is -0.481 e. The van der Waals surface area contributed by atoms with Crippen LogP contribution < -0.4 is 5.32 Å². The van der Waals surface area contributed by atoms with Crippen LogP contribution in [-0.4, -0.2) is 22.0 Å². The molecule has 206 valence electrons. The van der Waals surface area contributed by atoms with E-state index in [0.29, 0.717) is 17.1 Å². The third-order valence-electron chi connectivity index (χ3n) is 8.27. The van der Waals surface area contributed by atoms with E-state index >= 15 is 0 Å². The molecular formula is C33H32ClFN2O3. The van der Waals surface area contributed by atoms with Crippen LogP contribution >= 0.6 is 11.6 Å². The first-order valence-corrected chi connectivity index (χ1v) is 14.1. The number of nitrogens with zero attached hydrogens (tertiary/aromatic N) is 1. The Bertz CT molecular complexity index is 1500. The summed E-state index contributed by atoms with van der Waals surface area (Å²) in [5, 5.41) is 13.9. The number of carboxylic acid groups (broad SMARTS) is 1. The highest BCUT2D eigenvalue weighted by atomic mass is 35.5. The summed E-state index contributed by atoms with van der Waals surface area (Å²) >= 11 is 6.03. The van der Waals surface area contributed by atoms with Crippen LogP contribution in [0.2, 0.25) is 5.02 Å². The van der Waals surface area contributed by atoms with E-state index in [2.05, 4.69) is 10.3 Å². The van der Waals surface area contributed by atoms with E-state index in [0.717, 1.165) is 53.3 Å². The van der Waals surface area contributed by atoms with Crippen LogP contribution in [-0.2, 0) is 16.0 Å². The first kappa shape index (κ1) is 27.8. The lowest BCUT2D eigenvalue weighted by Crippen LogP contribution is -2.33. The fourth-order valence-corrected chi connectivity index (χ4v) is 6.03. The van der Waals surface area contributed by atoms with Gasteiger partial charge in [-0.05, 0) is 116 Å². The van der Waals surface area contributed by atoms with Crippen LogP contribution in [0.3, 0.4) is 0 Å². The number of benzene rings is 3. The molecule has 1 aliphatic rings. The quantitative estimate of drug-likeness (QED) is 0.230. The minimum atomic E-state index is -0.866. The summed E-state index contributed by atoms with van der Waals surface area (Å²) in [7, 11) is 0. The van der Waals surface area contributed by atoms with Gasteiger partial charge in [0.2, 0.25) is 5.91 Å². The van der Waals surface area contributed by atoms with Gasteiger partial charge >= 0.3 is 5.97 Å². The number of aliphatic carboxylic acids is 1. The largest absolute Gasteiger partial charge is 0.481 e. The number of nitrogens with one attached hydrogen (secondary N) is 1. The van der Waals surface area contributed by atoms with Gasteiger partial charge < -0.3 is 10.4 Å². The average molecular weight is 559 g/mol. The van der Waals surface area contributed by atoms with Crippen LogP contribution in [0.15, 0.2) is 79.0 Å². The van der Waals surface area contributed by atoms with E-state index in [1.807, 2.05) is 30.3 Å². The third kappa shape index (κ3) is 6.34. The van der Waals surface area contributed by atoms with Crippen LogP contribution in [0.5, 0.6) is 0 Å². The molecule has 1 aromatic heterocycles. The van der Waals surface area contributed by atoms with Gasteiger partial charge in [0.1, 0.15) is 5.82 Å². The van der Waals surface area contributed by atoms with E-state index in [1.54, 1.807) is 49.5 Å². The molecule has 40 heavy (non-hydrogen) atoms. The van der Waals surface area contributed by atoms with Gasteiger partial charge in [0.15, 0.2) is 0 Å². The summed E-state index contributed by atoms with van der Waals surface area (Å²) in [5.41, 5.74) is 4.34. The molecule has 2 unspecified atom stereocenters. The number of anilines is 1. The Morgan fingerprint density at radius 1 is 1.00 bits per heavy atom. The Hall–Kier alpha value is -3.77. The fraction of sp³-hybridized carbons (Fsp3) is 0.303. The van der Waals surface area contributed by atoms with Gasteiger partial charge in [0.25, 0.3) is 0 Å². The summed E-state index contributed by atoms with van der Waals surface area (Å²) in [6.07, 6.45) is 5.90. The molecule has 7 heteroatoms. The van der Waals surface area contributed by atoms with Crippen molar-refractivity contribution in [2.75, 3.05) is 5.32 Å². The van der Waals surface area contributed by atoms with Crippen molar-refractivity contribution in [1.82, 2.24) is 4.98 Å². The average Bonchev–Trinajstić information content (AvgIpc) is 2.96. The first-order valence-electron chi connectivity index (χ1n) is 13.7. The van der Waals surface area contributed by atoms with Crippen LogP contribution in [0.4, 0.5) is 10.1 Å². The number of rotatable bonds is 8. The number of hydrogen-bond donors (Lipinski definition) is 2. The van der Waals surface area contributed by atoms with E-state index < -0.39 is 11.9 Å². The zero-order valence-electron chi connectivity index (χ0n) is 22.3. The van der Waals surface area contributed by atoms with Gasteiger partial charge in [0.05, 0.1) is 11.4 Å². The summed E-state index contributed by atoms with van der Waals surface area (Å²) in [4.78, 5) is 29.4. The number of carbonyl (C=O) groups is 2. The molecule has 0 radical (unpaired) electrons. The molecule has 0 spiro atoms. The van der Waals surface area contributed by atoms with Crippen molar-refractivity contribution >= 4 is 40.1 Å². The van der Waals surface area contributed by atoms with E-state index in [9.17, 15) is 19.1 Å². The van der Waals surface area contributed by atoms with Gasteiger partial charge in [-0.1, -0.05) is 35.9 Å². The molecule has 1 amide bonds. The molecule has 0 bridgehead atoms. The van der Waals surface area contributed by atoms with Crippen molar-refractivity contribution in [3.63, 3.8) is 0 Å². The molecule has 3 aromatic carbocycles. The van der Waals surface area contributed by atoms with Crippen LogP contribution in [0.1, 0.15) is 61.1 Å². The Balaban J connectivity index is 1.35. The maximum Gasteiger partial charge on any atom is 0.310 e. The molecule has 0 saturated heterocycles. The van der Waals surface area contributed by atoms with E-state index in [1.165, 1.54) is 6.07 Å². The summed E-state index contributed by atoms with van der Waals surface area (Å²) in [6.45, 7) is 1.67. The number of pyridine rings is 1. The molecule has 0 aliphatic heterocycles. The second-order valence-electron chi connectivity index (χ2n) is 10.8. The fourth-order valence-electron chi connectivity index (χ4n) is 5.91. The molecule has 1 saturated carbocycles. The van der Waals surface area contributed by atoms with Gasteiger partial charge in [-0.25, -0.2) is 4.39 Å². The smallest absolute Gasteiger partial charge is 0.310 e. The Morgan fingerprint density at radius 3 is 2.38 bits per heavy atom. The van der Waals surface area contributed by atoms with Crippen molar-refractivity contribution in [1.29, 1.82) is 0 Å². The first-order chi connectivity index (χ1) is 19.3. The minimum absolute atomic E-state index is 0.0369. The van der Waals surface area contributed by atoms with Crippen molar-refractivity contribution < 1.29 is 19.1 Å². The van der Waals surface area contributed by atoms with Crippen molar-refractivity contribution in [3.05, 3.63) is 107 Å². The third-order valence-corrected chi connectivity index (χ3v) is 8.52. The van der Waals surface area contributed by atoms with Gasteiger partial charge in [-0.2, -0.15) is 0 Å². The molecule has 5 nitrogen and oxygen atoms in total. The lowest BCUT2D eigenvalue weighted by molar-refractivity contribution is -0.138. The molecule has 2 atom stereocenters. The van der Waals surface area contributed by atoms with Crippen LogP contribution in [0.25, 0.3) is 10.9 Å². The Labute approximate surface area is 238 Å². The highest BCUT2D eigenvalue weighted by Gasteiger charge is 2.33. The Kier molecular flexibility index (Phi) is 8.46. The van der Waals surface area contributed by atoms with Gasteiger partial charge in [0, 0.05) is 28.2 Å². The predicted molar refractivity (Wildman–Crippen MR) is 156 cm³/mol. The topological polar surface area (TPSA) is 79.3 Å². The lowest BCUT2D eigenvalue weighted by atomic mass is 9.71. The summed E-state index contributed by atoms with van der Waals surface area (Å²) in [6, 6.07) is 21.4. The Morgan fingerprint density at radius 2 is 1.70 bits per heavy atom. The molecule has 1 aliphatic carbocycles. The number of amides is 1. The number of hydrogen-bond acceptors (Lipinski definition) is 3. The monoisotopic (exact) mass is 558 g/mol. The second-order valence-corrected chi connectivity index (χ2v) is 11.2. The van der Waals surface area contributed by atoms with Crippen molar-refractivity contribution in [2.24, 2.45) is 11.8 Å². The lowest BCUT2D eigenvalue weighted by Gasteiger charge is -2.34. The normalized spacial score (nSPS) is 18.7. The zero-order valence-corrected chi connectivity index (χ0v) is 23.1. The second kappa shape index (κ2) is 12.2. The molecule has 1 heterocycles.